The summed E-state index contributed by atoms with van der Waals surface area (Å²) in [4.78, 5) is 2.45. The van der Waals surface area contributed by atoms with Crippen LogP contribution in [0.3, 0.4) is 0 Å². The van der Waals surface area contributed by atoms with Gasteiger partial charge in [-0.05, 0) is 63.7 Å². The normalized spacial score (nSPS) is 11.2. The standard InChI is InChI=1S/C48H33NO/c1-4-18-34(19-5-1)37-24-10-11-26-40(37)47-39(36-22-8-3-9-23-36)28-16-30-43(47)49(42-29-14-12-25-38(42)35-20-6-2-7-21-35)44-31-17-33-46-48(44)41-27-13-15-32-45(41)50-46/h1-33H. The highest BCUT2D eigenvalue weighted by Gasteiger charge is 2.26. The van der Waals surface area contributed by atoms with Crippen molar-refractivity contribution in [2.45, 2.75) is 0 Å². The Morgan fingerprint density at radius 1 is 0.300 bits per heavy atom. The summed E-state index contributed by atoms with van der Waals surface area (Å²) in [6.45, 7) is 0. The fourth-order valence-corrected chi connectivity index (χ4v) is 7.30. The smallest absolute Gasteiger partial charge is 0.137 e. The van der Waals surface area contributed by atoms with Gasteiger partial charge in [-0.3, -0.25) is 0 Å². The minimum atomic E-state index is 0.858. The number of fused-ring (bicyclic) bond motifs is 3. The maximum absolute atomic E-state index is 6.49. The van der Waals surface area contributed by atoms with Crippen molar-refractivity contribution in [2.75, 3.05) is 4.90 Å². The lowest BCUT2D eigenvalue weighted by atomic mass is 9.87. The predicted molar refractivity (Wildman–Crippen MR) is 210 cm³/mol. The third kappa shape index (κ3) is 5.15. The van der Waals surface area contributed by atoms with Crippen LogP contribution in [0.4, 0.5) is 17.1 Å². The molecule has 0 saturated heterocycles. The monoisotopic (exact) mass is 639 g/mol. The first-order chi connectivity index (χ1) is 24.8. The molecule has 0 aliphatic rings. The summed E-state index contributed by atoms with van der Waals surface area (Å²) >= 11 is 0. The Hall–Kier alpha value is -6.64. The summed E-state index contributed by atoms with van der Waals surface area (Å²) in [6, 6.07) is 71.1. The largest absolute Gasteiger partial charge is 0.456 e. The van der Waals surface area contributed by atoms with Gasteiger partial charge in [-0.2, -0.15) is 0 Å². The third-order valence-electron chi connectivity index (χ3n) is 9.50. The topological polar surface area (TPSA) is 16.4 Å². The Bertz CT molecular complexity index is 2590. The first kappa shape index (κ1) is 29.5. The van der Waals surface area contributed by atoms with E-state index in [1.54, 1.807) is 0 Å². The molecule has 50 heavy (non-hydrogen) atoms. The molecule has 0 saturated carbocycles. The zero-order valence-corrected chi connectivity index (χ0v) is 27.4. The van der Waals surface area contributed by atoms with Crippen LogP contribution in [0.15, 0.2) is 205 Å². The molecule has 236 valence electrons. The summed E-state index contributed by atoms with van der Waals surface area (Å²) in [7, 11) is 0. The van der Waals surface area contributed by atoms with Gasteiger partial charge in [0.2, 0.25) is 0 Å². The van der Waals surface area contributed by atoms with Crippen LogP contribution in [0.1, 0.15) is 0 Å². The van der Waals surface area contributed by atoms with E-state index in [1.165, 1.54) is 16.7 Å². The van der Waals surface area contributed by atoms with E-state index in [1.807, 2.05) is 6.07 Å². The molecule has 0 spiro atoms. The number of furan rings is 1. The van der Waals surface area contributed by atoms with E-state index in [9.17, 15) is 0 Å². The van der Waals surface area contributed by atoms with Gasteiger partial charge in [0.25, 0.3) is 0 Å². The average Bonchev–Trinajstić information content (AvgIpc) is 3.59. The van der Waals surface area contributed by atoms with E-state index >= 15 is 0 Å². The average molecular weight is 640 g/mol. The molecule has 0 N–H and O–H groups in total. The van der Waals surface area contributed by atoms with Crippen molar-refractivity contribution in [2.24, 2.45) is 0 Å². The predicted octanol–water partition coefficient (Wildman–Crippen LogP) is 13.7. The minimum Gasteiger partial charge on any atom is -0.456 e. The minimum absolute atomic E-state index is 0.858. The van der Waals surface area contributed by atoms with Crippen LogP contribution in [0.25, 0.3) is 66.4 Å². The molecule has 0 aliphatic carbocycles. The number of anilines is 3. The van der Waals surface area contributed by atoms with Crippen molar-refractivity contribution >= 4 is 39.0 Å². The lowest BCUT2D eigenvalue weighted by Crippen LogP contribution is -2.13. The van der Waals surface area contributed by atoms with Crippen LogP contribution in [-0.4, -0.2) is 0 Å². The van der Waals surface area contributed by atoms with Gasteiger partial charge in [0.1, 0.15) is 11.2 Å². The van der Waals surface area contributed by atoms with Gasteiger partial charge >= 0.3 is 0 Å². The Balaban J connectivity index is 1.43. The highest BCUT2D eigenvalue weighted by molar-refractivity contribution is 6.15. The summed E-state index contributed by atoms with van der Waals surface area (Å²) in [5.41, 5.74) is 14.3. The van der Waals surface area contributed by atoms with Crippen LogP contribution in [0.2, 0.25) is 0 Å². The second-order valence-corrected chi connectivity index (χ2v) is 12.4. The van der Waals surface area contributed by atoms with Gasteiger partial charge in [0.05, 0.1) is 22.4 Å². The van der Waals surface area contributed by atoms with Crippen molar-refractivity contribution in [1.82, 2.24) is 0 Å². The zero-order valence-electron chi connectivity index (χ0n) is 27.4. The lowest BCUT2D eigenvalue weighted by molar-refractivity contribution is 0.669. The van der Waals surface area contributed by atoms with Gasteiger partial charge in [0.15, 0.2) is 0 Å². The Morgan fingerprint density at radius 3 is 1.48 bits per heavy atom. The molecule has 0 atom stereocenters. The highest BCUT2D eigenvalue weighted by Crippen LogP contribution is 2.51. The number of para-hydroxylation sites is 2. The van der Waals surface area contributed by atoms with Crippen molar-refractivity contribution < 1.29 is 4.42 Å². The van der Waals surface area contributed by atoms with Gasteiger partial charge in [-0.1, -0.05) is 170 Å². The lowest BCUT2D eigenvalue weighted by Gasteiger charge is -2.32. The van der Waals surface area contributed by atoms with Crippen LogP contribution >= 0.6 is 0 Å². The van der Waals surface area contributed by atoms with E-state index in [-0.39, 0.29) is 0 Å². The quantitative estimate of drug-likeness (QED) is 0.173. The first-order valence-electron chi connectivity index (χ1n) is 17.0. The van der Waals surface area contributed by atoms with E-state index in [0.717, 1.165) is 66.8 Å². The third-order valence-corrected chi connectivity index (χ3v) is 9.50. The number of hydrogen-bond acceptors (Lipinski definition) is 2. The number of rotatable bonds is 7. The first-order valence-corrected chi connectivity index (χ1v) is 17.0. The summed E-state index contributed by atoms with van der Waals surface area (Å²) in [5, 5.41) is 2.17. The van der Waals surface area contributed by atoms with E-state index < -0.39 is 0 Å². The molecule has 1 aromatic heterocycles. The molecule has 9 rings (SSSR count). The van der Waals surface area contributed by atoms with Crippen LogP contribution in [0, 0.1) is 0 Å². The van der Waals surface area contributed by atoms with E-state index in [4.69, 9.17) is 4.42 Å². The zero-order chi connectivity index (χ0) is 33.3. The van der Waals surface area contributed by atoms with Crippen molar-refractivity contribution in [3.05, 3.63) is 200 Å². The van der Waals surface area contributed by atoms with Crippen LogP contribution < -0.4 is 4.90 Å². The molecule has 9 aromatic rings. The second-order valence-electron chi connectivity index (χ2n) is 12.4. The molecular formula is C48H33NO. The van der Waals surface area contributed by atoms with Gasteiger partial charge in [0, 0.05) is 16.5 Å². The molecule has 0 amide bonds. The summed E-state index contributed by atoms with van der Waals surface area (Å²) in [5.74, 6) is 0. The van der Waals surface area contributed by atoms with Crippen LogP contribution in [0.5, 0.6) is 0 Å². The highest BCUT2D eigenvalue weighted by atomic mass is 16.3. The molecule has 1 heterocycles. The fraction of sp³-hybridized carbons (Fsp3) is 0. The maximum atomic E-state index is 6.49. The van der Waals surface area contributed by atoms with Crippen molar-refractivity contribution in [3.8, 4) is 44.5 Å². The fourth-order valence-electron chi connectivity index (χ4n) is 7.30. The summed E-state index contributed by atoms with van der Waals surface area (Å²) < 4.78 is 6.49. The number of hydrogen-bond donors (Lipinski definition) is 0. The Labute approximate surface area is 292 Å². The number of benzene rings is 8. The SMILES string of the molecule is c1ccc(-c2ccccc2-c2c(-c3ccccc3)cccc2N(c2ccccc2-c2ccccc2)c2cccc3oc4ccccc4c23)cc1. The molecule has 0 bridgehead atoms. The molecule has 0 unspecified atom stereocenters. The Kier molecular flexibility index (Phi) is 7.53. The van der Waals surface area contributed by atoms with Gasteiger partial charge < -0.3 is 9.32 Å². The second kappa shape index (κ2) is 12.8. The van der Waals surface area contributed by atoms with Crippen molar-refractivity contribution in [1.29, 1.82) is 0 Å². The molecular weight excluding hydrogens is 607 g/mol. The molecule has 0 fully saturated rings. The molecule has 0 radical (unpaired) electrons. The molecule has 2 nitrogen and oxygen atoms in total. The van der Waals surface area contributed by atoms with Gasteiger partial charge in [-0.15, -0.1) is 0 Å². The number of nitrogens with zero attached hydrogens (tertiary/aromatic N) is 1. The van der Waals surface area contributed by atoms with Crippen molar-refractivity contribution in [3.63, 3.8) is 0 Å². The van der Waals surface area contributed by atoms with Crippen LogP contribution in [-0.2, 0) is 0 Å². The van der Waals surface area contributed by atoms with E-state index in [2.05, 4.69) is 199 Å². The molecule has 0 aliphatic heterocycles. The molecule has 2 heteroatoms. The maximum Gasteiger partial charge on any atom is 0.137 e. The Morgan fingerprint density at radius 2 is 0.760 bits per heavy atom. The summed E-state index contributed by atoms with van der Waals surface area (Å²) in [6.07, 6.45) is 0. The van der Waals surface area contributed by atoms with E-state index in [0.29, 0.717) is 0 Å². The molecule has 8 aromatic carbocycles. The van der Waals surface area contributed by atoms with Gasteiger partial charge in [-0.25, -0.2) is 0 Å².